The van der Waals surface area contributed by atoms with Crippen LogP contribution in [-0.2, 0) is 0 Å². The molecule has 1 N–H and O–H groups in total. The summed E-state index contributed by atoms with van der Waals surface area (Å²) in [5, 5.41) is 8.17. The molecule has 3 unspecified atom stereocenters. The topological polar surface area (TPSA) is 27.1 Å². The van der Waals surface area contributed by atoms with E-state index in [1.54, 1.807) is 0 Å². The van der Waals surface area contributed by atoms with Gasteiger partial charge in [0.15, 0.2) is 0 Å². The van der Waals surface area contributed by atoms with Gasteiger partial charge < -0.3 is 4.90 Å². The van der Waals surface area contributed by atoms with Gasteiger partial charge in [-0.2, -0.15) is 0 Å². The first-order chi connectivity index (χ1) is 7.38. The molecule has 0 spiro atoms. The lowest BCUT2D eigenvalue weighted by Gasteiger charge is -2.33. The summed E-state index contributed by atoms with van der Waals surface area (Å²) < 4.78 is 0. The first kappa shape index (κ1) is 11.9. The molecule has 2 bridgehead atoms. The molecule has 92 valence electrons. The number of fused-ring (bicyclic) bond motifs is 2. The second kappa shape index (κ2) is 4.05. The normalized spacial score (nSPS) is 33.1. The van der Waals surface area contributed by atoms with Crippen LogP contribution in [0.15, 0.2) is 0 Å². The van der Waals surface area contributed by atoms with Crippen LogP contribution in [0.5, 0.6) is 0 Å². The molecule has 0 saturated heterocycles. The lowest BCUT2D eigenvalue weighted by Crippen LogP contribution is -2.39. The van der Waals surface area contributed by atoms with Crippen molar-refractivity contribution in [3.05, 3.63) is 0 Å². The monoisotopic (exact) mass is 222 g/mol. The third-order valence-corrected chi connectivity index (χ3v) is 4.49. The van der Waals surface area contributed by atoms with E-state index in [0.29, 0.717) is 0 Å². The minimum absolute atomic E-state index is 0.00757. The molecule has 2 rings (SSSR count). The quantitative estimate of drug-likeness (QED) is 0.563. The minimum Gasteiger partial charge on any atom is -0.363 e. The molecule has 16 heavy (non-hydrogen) atoms. The molecule has 2 saturated carbocycles. The zero-order chi connectivity index (χ0) is 11.9. The smallest absolute Gasteiger partial charge is 0.101 e. The van der Waals surface area contributed by atoms with E-state index >= 15 is 0 Å². The summed E-state index contributed by atoms with van der Waals surface area (Å²) in [6.07, 6.45) is 5.82. The zero-order valence-electron chi connectivity index (χ0n) is 11.2. The number of nitrogens with one attached hydrogen (secondary N) is 1. The molecular weight excluding hydrogens is 196 g/mol. The van der Waals surface area contributed by atoms with Crippen molar-refractivity contribution in [2.24, 2.45) is 23.2 Å². The molecule has 0 aromatic rings. The van der Waals surface area contributed by atoms with Gasteiger partial charge >= 0.3 is 0 Å². The molecule has 2 fully saturated rings. The standard InChI is InChI=1S/C14H26N2/c1-14(2,3)13(15)16(4)9-12-8-10-5-6-11(12)7-10/h10-12,15H,5-9H2,1-4H3. The predicted molar refractivity (Wildman–Crippen MR) is 68.7 cm³/mol. The van der Waals surface area contributed by atoms with Crippen molar-refractivity contribution in [2.45, 2.75) is 46.5 Å². The molecule has 0 heterocycles. The zero-order valence-corrected chi connectivity index (χ0v) is 11.2. The lowest BCUT2D eigenvalue weighted by atomic mass is 9.87. The molecule has 0 amide bonds. The number of hydrogen-bond donors (Lipinski definition) is 1. The fourth-order valence-electron chi connectivity index (χ4n) is 3.62. The third-order valence-electron chi connectivity index (χ3n) is 4.49. The second-order valence-corrected chi connectivity index (χ2v) is 6.91. The molecule has 0 aliphatic heterocycles. The third kappa shape index (κ3) is 2.26. The van der Waals surface area contributed by atoms with Crippen molar-refractivity contribution in [1.29, 1.82) is 5.41 Å². The van der Waals surface area contributed by atoms with Gasteiger partial charge in [-0.3, -0.25) is 5.41 Å². The Bertz CT molecular complexity index is 277. The Labute approximate surface area is 99.9 Å². The summed E-state index contributed by atoms with van der Waals surface area (Å²) >= 11 is 0. The van der Waals surface area contributed by atoms with Crippen LogP contribution >= 0.6 is 0 Å². The minimum atomic E-state index is -0.00757. The van der Waals surface area contributed by atoms with Gasteiger partial charge in [-0.05, 0) is 37.0 Å². The average molecular weight is 222 g/mol. The highest BCUT2D eigenvalue weighted by atomic mass is 15.1. The van der Waals surface area contributed by atoms with Crippen LogP contribution in [0.3, 0.4) is 0 Å². The van der Waals surface area contributed by atoms with E-state index in [9.17, 15) is 0 Å². The van der Waals surface area contributed by atoms with Gasteiger partial charge in [0.1, 0.15) is 5.84 Å². The maximum Gasteiger partial charge on any atom is 0.101 e. The number of nitrogens with zero attached hydrogens (tertiary/aromatic N) is 1. The summed E-state index contributed by atoms with van der Waals surface area (Å²) in [4.78, 5) is 2.19. The van der Waals surface area contributed by atoms with Gasteiger partial charge in [0.05, 0.1) is 0 Å². The van der Waals surface area contributed by atoms with Crippen molar-refractivity contribution in [2.75, 3.05) is 13.6 Å². The molecule has 0 aromatic heterocycles. The van der Waals surface area contributed by atoms with Crippen LogP contribution in [0.2, 0.25) is 0 Å². The van der Waals surface area contributed by atoms with Gasteiger partial charge in [0.2, 0.25) is 0 Å². The Morgan fingerprint density at radius 1 is 1.25 bits per heavy atom. The van der Waals surface area contributed by atoms with Crippen LogP contribution in [0.4, 0.5) is 0 Å². The van der Waals surface area contributed by atoms with Gasteiger partial charge in [-0.25, -0.2) is 0 Å². The molecule has 2 aliphatic rings. The van der Waals surface area contributed by atoms with Gasteiger partial charge in [-0.1, -0.05) is 27.2 Å². The van der Waals surface area contributed by atoms with Crippen molar-refractivity contribution < 1.29 is 0 Å². The molecule has 2 heteroatoms. The van der Waals surface area contributed by atoms with E-state index in [1.165, 1.54) is 25.7 Å². The second-order valence-electron chi connectivity index (χ2n) is 6.91. The van der Waals surface area contributed by atoms with Crippen LogP contribution < -0.4 is 0 Å². The molecule has 2 aliphatic carbocycles. The van der Waals surface area contributed by atoms with Crippen LogP contribution in [0.25, 0.3) is 0 Å². The summed E-state index contributed by atoms with van der Waals surface area (Å²) in [6, 6.07) is 0. The summed E-state index contributed by atoms with van der Waals surface area (Å²) in [7, 11) is 2.10. The summed E-state index contributed by atoms with van der Waals surface area (Å²) in [5.41, 5.74) is -0.00757. The molecule has 2 nitrogen and oxygen atoms in total. The highest BCUT2D eigenvalue weighted by Gasteiger charge is 2.40. The van der Waals surface area contributed by atoms with E-state index in [0.717, 1.165) is 30.1 Å². The maximum absolute atomic E-state index is 8.17. The van der Waals surface area contributed by atoms with Crippen molar-refractivity contribution >= 4 is 5.84 Å². The Hall–Kier alpha value is -0.530. The number of rotatable bonds is 2. The largest absolute Gasteiger partial charge is 0.363 e. The Morgan fingerprint density at radius 3 is 2.38 bits per heavy atom. The van der Waals surface area contributed by atoms with E-state index in [1.807, 2.05) is 0 Å². The Balaban J connectivity index is 1.88. The first-order valence-electron chi connectivity index (χ1n) is 6.68. The summed E-state index contributed by atoms with van der Waals surface area (Å²) in [5.74, 6) is 3.65. The Kier molecular flexibility index (Phi) is 3.02. The van der Waals surface area contributed by atoms with E-state index in [4.69, 9.17) is 5.41 Å². The predicted octanol–water partition coefficient (Wildman–Crippen LogP) is 3.38. The Morgan fingerprint density at radius 2 is 1.94 bits per heavy atom. The summed E-state index contributed by atoms with van der Waals surface area (Å²) in [6.45, 7) is 7.50. The van der Waals surface area contributed by atoms with E-state index in [-0.39, 0.29) is 5.41 Å². The fourth-order valence-corrected chi connectivity index (χ4v) is 3.62. The fraction of sp³-hybridized carbons (Fsp3) is 0.929. The maximum atomic E-state index is 8.17. The first-order valence-corrected chi connectivity index (χ1v) is 6.68. The highest BCUT2D eigenvalue weighted by molar-refractivity contribution is 5.84. The number of amidine groups is 1. The van der Waals surface area contributed by atoms with E-state index in [2.05, 4.69) is 32.7 Å². The van der Waals surface area contributed by atoms with Crippen molar-refractivity contribution in [1.82, 2.24) is 4.90 Å². The van der Waals surface area contributed by atoms with Gasteiger partial charge in [0.25, 0.3) is 0 Å². The molecule has 0 aromatic carbocycles. The van der Waals surface area contributed by atoms with Crippen molar-refractivity contribution in [3.63, 3.8) is 0 Å². The van der Waals surface area contributed by atoms with Crippen LogP contribution in [0, 0.1) is 28.6 Å². The van der Waals surface area contributed by atoms with Gasteiger partial charge in [0, 0.05) is 19.0 Å². The lowest BCUT2D eigenvalue weighted by molar-refractivity contribution is 0.265. The highest BCUT2D eigenvalue weighted by Crippen LogP contribution is 2.48. The average Bonchev–Trinajstić information content (AvgIpc) is 2.76. The van der Waals surface area contributed by atoms with E-state index < -0.39 is 0 Å². The van der Waals surface area contributed by atoms with Crippen molar-refractivity contribution in [3.8, 4) is 0 Å². The van der Waals surface area contributed by atoms with Crippen LogP contribution in [-0.4, -0.2) is 24.3 Å². The molecular formula is C14H26N2. The molecule has 3 atom stereocenters. The van der Waals surface area contributed by atoms with Crippen LogP contribution in [0.1, 0.15) is 46.5 Å². The van der Waals surface area contributed by atoms with Gasteiger partial charge in [-0.15, -0.1) is 0 Å². The SMILES string of the molecule is CN(CC1CC2CCC1C2)C(=N)C(C)(C)C. The molecule has 0 radical (unpaired) electrons. The number of hydrogen-bond acceptors (Lipinski definition) is 1.